The molecular formula is C13H19N5O. The number of nitrogens with one attached hydrogen (secondary N) is 1. The molecule has 0 unspecified atom stereocenters. The van der Waals surface area contributed by atoms with E-state index in [1.54, 1.807) is 7.05 Å². The number of nitrogens with two attached hydrogens (primary N) is 1. The van der Waals surface area contributed by atoms with Crippen LogP contribution < -0.4 is 16.0 Å². The third-order valence-corrected chi connectivity index (χ3v) is 3.10. The molecule has 0 atom stereocenters. The van der Waals surface area contributed by atoms with Gasteiger partial charge in [0.1, 0.15) is 5.65 Å². The molecule has 0 aliphatic carbocycles. The van der Waals surface area contributed by atoms with E-state index in [0.717, 1.165) is 17.2 Å². The van der Waals surface area contributed by atoms with Crippen molar-refractivity contribution >= 4 is 17.4 Å². The second-order valence-electron chi connectivity index (χ2n) is 4.20. The van der Waals surface area contributed by atoms with Crippen LogP contribution in [0.5, 0.6) is 0 Å². The van der Waals surface area contributed by atoms with Crippen molar-refractivity contribution in [3.63, 3.8) is 0 Å². The third-order valence-electron chi connectivity index (χ3n) is 3.10. The predicted octanol–water partition coefficient (Wildman–Crippen LogP) is 0.365. The van der Waals surface area contributed by atoms with Crippen LogP contribution in [0.1, 0.15) is 12.6 Å². The summed E-state index contributed by atoms with van der Waals surface area (Å²) in [6.07, 6.45) is 1.93. The van der Waals surface area contributed by atoms with Crippen LogP contribution in [0, 0.1) is 0 Å². The molecule has 2 aromatic heterocycles. The summed E-state index contributed by atoms with van der Waals surface area (Å²) in [6, 6.07) is 5.80. The number of anilines is 1. The summed E-state index contributed by atoms with van der Waals surface area (Å²) in [4.78, 5) is 18.0. The van der Waals surface area contributed by atoms with Gasteiger partial charge in [-0.15, -0.1) is 0 Å². The highest BCUT2D eigenvalue weighted by atomic mass is 16.1. The van der Waals surface area contributed by atoms with Gasteiger partial charge in [-0.05, 0) is 19.1 Å². The molecule has 0 bridgehead atoms. The fraction of sp³-hybridized carbons (Fsp3) is 0.385. The smallest absolute Gasteiger partial charge is 0.239 e. The molecule has 0 saturated carbocycles. The quantitative estimate of drug-likeness (QED) is 0.815. The van der Waals surface area contributed by atoms with E-state index in [1.807, 2.05) is 40.6 Å². The van der Waals surface area contributed by atoms with Crippen molar-refractivity contribution in [3.8, 4) is 0 Å². The highest BCUT2D eigenvalue weighted by molar-refractivity contribution is 5.81. The Bertz CT molecular complexity index is 577. The zero-order valence-corrected chi connectivity index (χ0v) is 11.3. The van der Waals surface area contributed by atoms with Crippen molar-refractivity contribution in [1.82, 2.24) is 14.7 Å². The van der Waals surface area contributed by atoms with Gasteiger partial charge in [0.2, 0.25) is 5.91 Å². The molecule has 0 aliphatic rings. The number of carbonyl (C=O) groups is 1. The molecule has 0 radical (unpaired) electrons. The van der Waals surface area contributed by atoms with Crippen LogP contribution in [0.25, 0.3) is 5.65 Å². The second-order valence-corrected chi connectivity index (χ2v) is 4.20. The lowest BCUT2D eigenvalue weighted by Crippen LogP contribution is -2.36. The molecule has 0 aliphatic heterocycles. The molecule has 6 heteroatoms. The molecule has 2 rings (SSSR count). The number of hydrogen-bond acceptors (Lipinski definition) is 4. The minimum atomic E-state index is -0.0399. The molecule has 0 spiro atoms. The zero-order valence-electron chi connectivity index (χ0n) is 11.3. The number of fused-ring (bicyclic) bond motifs is 1. The Hall–Kier alpha value is -2.08. The summed E-state index contributed by atoms with van der Waals surface area (Å²) in [5.41, 5.74) is 7.59. The second kappa shape index (κ2) is 5.71. The monoisotopic (exact) mass is 261 g/mol. The third kappa shape index (κ3) is 2.53. The van der Waals surface area contributed by atoms with Gasteiger partial charge in [0.05, 0.1) is 12.2 Å². The van der Waals surface area contributed by atoms with Crippen molar-refractivity contribution in [2.24, 2.45) is 5.73 Å². The first-order valence-electron chi connectivity index (χ1n) is 6.32. The molecule has 0 saturated heterocycles. The summed E-state index contributed by atoms with van der Waals surface area (Å²) >= 11 is 0. The number of rotatable bonds is 5. The SMILES string of the molecule is CCN(CC(=O)NC)c1nc2ccccn2c1CN. The van der Waals surface area contributed by atoms with Crippen LogP contribution in [0.2, 0.25) is 0 Å². The van der Waals surface area contributed by atoms with E-state index in [2.05, 4.69) is 10.3 Å². The van der Waals surface area contributed by atoms with Crippen molar-refractivity contribution in [2.45, 2.75) is 13.5 Å². The summed E-state index contributed by atoms with van der Waals surface area (Å²) in [7, 11) is 1.63. The summed E-state index contributed by atoms with van der Waals surface area (Å²) in [6.45, 7) is 3.35. The lowest BCUT2D eigenvalue weighted by molar-refractivity contribution is -0.119. The Morgan fingerprint density at radius 3 is 2.95 bits per heavy atom. The summed E-state index contributed by atoms with van der Waals surface area (Å²) in [5, 5.41) is 2.62. The van der Waals surface area contributed by atoms with Crippen LogP contribution >= 0.6 is 0 Å². The van der Waals surface area contributed by atoms with E-state index >= 15 is 0 Å². The van der Waals surface area contributed by atoms with Gasteiger partial charge in [0, 0.05) is 26.3 Å². The first-order valence-corrected chi connectivity index (χ1v) is 6.32. The van der Waals surface area contributed by atoms with E-state index < -0.39 is 0 Å². The van der Waals surface area contributed by atoms with Crippen LogP contribution in [0.4, 0.5) is 5.82 Å². The standard InChI is InChI=1S/C13H19N5O/c1-3-17(9-12(19)15-2)13-10(8-14)18-7-5-4-6-11(18)16-13/h4-7H,3,8-9,14H2,1-2H3,(H,15,19). The number of aromatic nitrogens is 2. The molecule has 1 amide bonds. The van der Waals surface area contributed by atoms with Gasteiger partial charge in [-0.1, -0.05) is 6.07 Å². The fourth-order valence-corrected chi connectivity index (χ4v) is 2.07. The van der Waals surface area contributed by atoms with Crippen molar-refractivity contribution < 1.29 is 4.79 Å². The lowest BCUT2D eigenvalue weighted by Gasteiger charge is -2.20. The van der Waals surface area contributed by atoms with Gasteiger partial charge in [0.15, 0.2) is 5.82 Å². The van der Waals surface area contributed by atoms with Gasteiger partial charge in [0.25, 0.3) is 0 Å². The summed E-state index contributed by atoms with van der Waals surface area (Å²) < 4.78 is 1.96. The van der Waals surface area contributed by atoms with Gasteiger partial charge >= 0.3 is 0 Å². The fourth-order valence-electron chi connectivity index (χ4n) is 2.07. The molecule has 2 heterocycles. The van der Waals surface area contributed by atoms with Crippen molar-refractivity contribution in [3.05, 3.63) is 30.1 Å². The number of nitrogens with zero attached hydrogens (tertiary/aromatic N) is 3. The highest BCUT2D eigenvalue weighted by Gasteiger charge is 2.17. The molecular weight excluding hydrogens is 242 g/mol. The van der Waals surface area contributed by atoms with Gasteiger partial charge in [-0.2, -0.15) is 0 Å². The number of amides is 1. The predicted molar refractivity (Wildman–Crippen MR) is 75.0 cm³/mol. The number of hydrogen-bond donors (Lipinski definition) is 2. The zero-order chi connectivity index (χ0) is 13.8. The Morgan fingerprint density at radius 2 is 2.32 bits per heavy atom. The molecule has 2 aromatic rings. The maximum Gasteiger partial charge on any atom is 0.239 e. The lowest BCUT2D eigenvalue weighted by atomic mass is 10.3. The molecule has 102 valence electrons. The van der Waals surface area contributed by atoms with E-state index in [-0.39, 0.29) is 12.5 Å². The number of likely N-dealkylation sites (N-methyl/N-ethyl adjacent to an activating group) is 2. The van der Waals surface area contributed by atoms with Gasteiger partial charge in [-0.25, -0.2) is 4.98 Å². The normalized spacial score (nSPS) is 10.7. The Labute approximate surface area is 112 Å². The maximum absolute atomic E-state index is 11.6. The Balaban J connectivity index is 2.44. The Kier molecular flexibility index (Phi) is 4.01. The molecule has 3 N–H and O–H groups in total. The molecule has 0 aromatic carbocycles. The van der Waals surface area contributed by atoms with E-state index in [1.165, 1.54) is 0 Å². The molecule has 19 heavy (non-hydrogen) atoms. The minimum absolute atomic E-state index is 0.0399. The summed E-state index contributed by atoms with van der Waals surface area (Å²) in [5.74, 6) is 0.738. The van der Waals surface area contributed by atoms with Crippen molar-refractivity contribution in [2.75, 3.05) is 25.0 Å². The average Bonchev–Trinajstić information content (AvgIpc) is 2.82. The highest BCUT2D eigenvalue weighted by Crippen LogP contribution is 2.21. The van der Waals surface area contributed by atoms with Crippen LogP contribution in [0.15, 0.2) is 24.4 Å². The van der Waals surface area contributed by atoms with E-state index in [9.17, 15) is 4.79 Å². The van der Waals surface area contributed by atoms with Crippen LogP contribution in [-0.4, -0.2) is 35.4 Å². The van der Waals surface area contributed by atoms with Crippen LogP contribution in [0.3, 0.4) is 0 Å². The van der Waals surface area contributed by atoms with E-state index in [4.69, 9.17) is 5.73 Å². The Morgan fingerprint density at radius 1 is 1.53 bits per heavy atom. The topological polar surface area (TPSA) is 75.7 Å². The van der Waals surface area contributed by atoms with Crippen molar-refractivity contribution in [1.29, 1.82) is 0 Å². The minimum Gasteiger partial charge on any atom is -0.358 e. The average molecular weight is 261 g/mol. The van der Waals surface area contributed by atoms with Gasteiger partial charge < -0.3 is 20.4 Å². The number of pyridine rings is 1. The molecule has 6 nitrogen and oxygen atoms in total. The van der Waals surface area contributed by atoms with E-state index in [0.29, 0.717) is 13.1 Å². The van der Waals surface area contributed by atoms with Gasteiger partial charge in [-0.3, -0.25) is 4.79 Å². The largest absolute Gasteiger partial charge is 0.358 e. The molecule has 0 fully saturated rings. The van der Waals surface area contributed by atoms with Crippen LogP contribution in [-0.2, 0) is 11.3 Å². The number of carbonyl (C=O) groups excluding carboxylic acids is 1. The maximum atomic E-state index is 11.6. The first-order chi connectivity index (χ1) is 9.21. The first kappa shape index (κ1) is 13.4. The number of imidazole rings is 1.